The van der Waals surface area contributed by atoms with Gasteiger partial charge in [-0.1, -0.05) is 23.2 Å². The molecule has 1 aromatic heterocycles. The number of benzene rings is 1. The van der Waals surface area contributed by atoms with Gasteiger partial charge >= 0.3 is 0 Å². The van der Waals surface area contributed by atoms with Gasteiger partial charge < -0.3 is 9.80 Å². The van der Waals surface area contributed by atoms with Crippen LogP contribution in [0.1, 0.15) is 6.42 Å². The number of halogens is 5. The predicted molar refractivity (Wildman–Crippen MR) is 110 cm³/mol. The van der Waals surface area contributed by atoms with Crippen LogP contribution in [0.15, 0.2) is 23.1 Å². The minimum absolute atomic E-state index is 0.0857. The zero-order valence-electron chi connectivity index (χ0n) is 16.1. The molecule has 0 aliphatic carbocycles. The fourth-order valence-electron chi connectivity index (χ4n) is 3.42. The molecule has 12 heteroatoms. The molecule has 1 aromatic carbocycles. The highest BCUT2D eigenvalue weighted by Crippen LogP contribution is 2.37. The number of anilines is 2. The summed E-state index contributed by atoms with van der Waals surface area (Å²) >= 11 is 11.6. The highest BCUT2D eigenvalue weighted by Gasteiger charge is 2.32. The first kappa shape index (κ1) is 22.9. The minimum Gasteiger partial charge on any atom is -0.370 e. The molecule has 1 unspecified atom stereocenters. The Bertz CT molecular complexity index is 1070. The molecule has 2 heterocycles. The molecule has 0 spiro atoms. The number of pyridine rings is 1. The molecule has 0 saturated carbocycles. The van der Waals surface area contributed by atoms with Crippen LogP contribution in [0.5, 0.6) is 0 Å². The molecule has 1 aliphatic rings. The zero-order chi connectivity index (χ0) is 22.2. The first-order valence-corrected chi connectivity index (χ1v) is 11.2. The molecule has 30 heavy (non-hydrogen) atoms. The van der Waals surface area contributed by atoms with Crippen molar-refractivity contribution in [1.82, 2.24) is 9.88 Å². The third-order valence-corrected chi connectivity index (χ3v) is 6.69. The summed E-state index contributed by atoms with van der Waals surface area (Å²) in [6.45, 7) is 1.88. The SMILES string of the molecule is CN(C)CC1CCN(c2cc(F)c(S(=O)(=O)Nc3ccc(Cl)c(F)n3)c(F)c2Cl)C1. The van der Waals surface area contributed by atoms with Gasteiger partial charge in [0, 0.05) is 25.7 Å². The number of hydrogen-bond donors (Lipinski definition) is 1. The van der Waals surface area contributed by atoms with Gasteiger partial charge in [0.25, 0.3) is 10.0 Å². The Labute approximate surface area is 182 Å². The van der Waals surface area contributed by atoms with E-state index in [2.05, 4.69) is 4.98 Å². The van der Waals surface area contributed by atoms with Crippen LogP contribution >= 0.6 is 23.2 Å². The van der Waals surface area contributed by atoms with Crippen LogP contribution in [-0.2, 0) is 10.0 Å². The molecule has 1 atom stereocenters. The summed E-state index contributed by atoms with van der Waals surface area (Å²) in [5.74, 6) is -4.07. The molecule has 3 rings (SSSR count). The smallest absolute Gasteiger partial charge is 0.268 e. The van der Waals surface area contributed by atoms with E-state index in [1.807, 2.05) is 23.7 Å². The fourth-order valence-corrected chi connectivity index (χ4v) is 5.00. The van der Waals surface area contributed by atoms with Crippen LogP contribution in [0.4, 0.5) is 24.7 Å². The summed E-state index contributed by atoms with van der Waals surface area (Å²) < 4.78 is 70.0. The molecule has 1 aliphatic heterocycles. The van der Waals surface area contributed by atoms with Crippen molar-refractivity contribution in [1.29, 1.82) is 0 Å². The Kier molecular flexibility index (Phi) is 6.71. The van der Waals surface area contributed by atoms with Crippen LogP contribution in [0.3, 0.4) is 0 Å². The van der Waals surface area contributed by atoms with Gasteiger partial charge in [-0.15, -0.1) is 0 Å². The van der Waals surface area contributed by atoms with Crippen molar-refractivity contribution in [3.63, 3.8) is 0 Å². The summed E-state index contributed by atoms with van der Waals surface area (Å²) in [6, 6.07) is 3.01. The lowest BCUT2D eigenvalue weighted by Gasteiger charge is -2.22. The van der Waals surface area contributed by atoms with Gasteiger partial charge in [-0.25, -0.2) is 22.2 Å². The van der Waals surface area contributed by atoms with Crippen LogP contribution in [0.2, 0.25) is 10.0 Å². The second-order valence-electron chi connectivity index (χ2n) is 7.27. The van der Waals surface area contributed by atoms with E-state index >= 15 is 0 Å². The number of sulfonamides is 1. The van der Waals surface area contributed by atoms with Crippen molar-refractivity contribution in [3.8, 4) is 0 Å². The first-order chi connectivity index (χ1) is 14.0. The van der Waals surface area contributed by atoms with E-state index in [0.29, 0.717) is 13.1 Å². The van der Waals surface area contributed by atoms with E-state index in [0.717, 1.165) is 31.2 Å². The molecular formula is C18H19Cl2F3N4O2S. The average Bonchev–Trinajstić information content (AvgIpc) is 3.08. The Morgan fingerprint density at radius 3 is 2.60 bits per heavy atom. The van der Waals surface area contributed by atoms with Crippen LogP contribution in [0.25, 0.3) is 0 Å². The highest BCUT2D eigenvalue weighted by atomic mass is 35.5. The maximum absolute atomic E-state index is 14.9. The summed E-state index contributed by atoms with van der Waals surface area (Å²) in [6.07, 6.45) is 0.813. The first-order valence-electron chi connectivity index (χ1n) is 8.91. The lowest BCUT2D eigenvalue weighted by Crippen LogP contribution is -2.26. The maximum atomic E-state index is 14.9. The molecule has 0 bridgehead atoms. The van der Waals surface area contributed by atoms with E-state index in [4.69, 9.17) is 23.2 Å². The van der Waals surface area contributed by atoms with Crippen molar-refractivity contribution in [2.75, 3.05) is 43.4 Å². The summed E-state index contributed by atoms with van der Waals surface area (Å²) in [7, 11) is -0.908. The third-order valence-electron chi connectivity index (χ3n) is 4.66. The second-order valence-corrected chi connectivity index (χ2v) is 9.68. The summed E-state index contributed by atoms with van der Waals surface area (Å²) in [4.78, 5) is 5.78. The van der Waals surface area contributed by atoms with E-state index in [1.54, 1.807) is 4.90 Å². The topological polar surface area (TPSA) is 65.5 Å². The van der Waals surface area contributed by atoms with Crippen molar-refractivity contribution >= 4 is 44.7 Å². The van der Waals surface area contributed by atoms with Gasteiger partial charge in [-0.3, -0.25) is 4.72 Å². The lowest BCUT2D eigenvalue weighted by atomic mass is 10.1. The number of nitrogens with one attached hydrogen (secondary N) is 1. The van der Waals surface area contributed by atoms with E-state index < -0.39 is 43.3 Å². The van der Waals surface area contributed by atoms with Gasteiger partial charge in [-0.2, -0.15) is 4.39 Å². The Morgan fingerprint density at radius 1 is 1.27 bits per heavy atom. The maximum Gasteiger partial charge on any atom is 0.268 e. The molecule has 2 aromatic rings. The quantitative estimate of drug-likeness (QED) is 0.497. The normalized spacial score (nSPS) is 17.1. The van der Waals surface area contributed by atoms with Crippen molar-refractivity contribution in [2.45, 2.75) is 11.3 Å². The number of hydrogen-bond acceptors (Lipinski definition) is 5. The standard InChI is InChI=1S/C18H19Cl2F3N4O2S/c1-26(2)8-10-5-6-27(9-10)13-7-12(21)17(16(22)15(13)20)30(28,29)25-14-4-3-11(19)18(23)24-14/h3-4,7,10H,5-6,8-9H2,1-2H3,(H,24,25). The second kappa shape index (κ2) is 8.78. The van der Waals surface area contributed by atoms with Gasteiger partial charge in [0.05, 0.1) is 10.7 Å². The molecule has 164 valence electrons. The van der Waals surface area contributed by atoms with Crippen LogP contribution in [-0.4, -0.2) is 52.0 Å². The molecular weight excluding hydrogens is 464 g/mol. The fraction of sp³-hybridized carbons (Fsp3) is 0.389. The minimum atomic E-state index is -4.78. The third kappa shape index (κ3) is 4.77. The van der Waals surface area contributed by atoms with E-state index in [1.165, 1.54) is 0 Å². The van der Waals surface area contributed by atoms with Crippen LogP contribution in [0, 0.1) is 23.5 Å². The van der Waals surface area contributed by atoms with Crippen molar-refractivity contribution in [2.24, 2.45) is 5.92 Å². The molecule has 1 fully saturated rings. The van der Waals surface area contributed by atoms with Gasteiger partial charge in [-0.05, 0) is 38.6 Å². The molecule has 1 saturated heterocycles. The van der Waals surface area contributed by atoms with Crippen LogP contribution < -0.4 is 9.62 Å². The molecule has 0 amide bonds. The lowest BCUT2D eigenvalue weighted by molar-refractivity contribution is 0.340. The summed E-state index contributed by atoms with van der Waals surface area (Å²) in [5, 5.41) is -0.835. The Hall–Kier alpha value is -1.75. The van der Waals surface area contributed by atoms with E-state index in [-0.39, 0.29) is 16.6 Å². The van der Waals surface area contributed by atoms with Crippen molar-refractivity contribution < 1.29 is 21.6 Å². The molecule has 0 radical (unpaired) electrons. The van der Waals surface area contributed by atoms with Gasteiger partial charge in [0.2, 0.25) is 5.95 Å². The monoisotopic (exact) mass is 482 g/mol. The number of rotatable bonds is 6. The van der Waals surface area contributed by atoms with Gasteiger partial charge in [0.1, 0.15) is 16.7 Å². The summed E-state index contributed by atoms with van der Waals surface area (Å²) in [5.41, 5.74) is 0.0857. The zero-order valence-corrected chi connectivity index (χ0v) is 18.4. The van der Waals surface area contributed by atoms with E-state index in [9.17, 15) is 21.6 Å². The number of aromatic nitrogens is 1. The Balaban J connectivity index is 1.91. The Morgan fingerprint density at radius 2 is 1.97 bits per heavy atom. The van der Waals surface area contributed by atoms with Crippen molar-refractivity contribution in [3.05, 3.63) is 45.8 Å². The molecule has 1 N–H and O–H groups in total. The highest BCUT2D eigenvalue weighted by molar-refractivity contribution is 7.92. The average molecular weight is 483 g/mol. The molecule has 6 nitrogen and oxygen atoms in total. The number of nitrogens with zero attached hydrogens (tertiary/aromatic N) is 3. The largest absolute Gasteiger partial charge is 0.370 e. The van der Waals surface area contributed by atoms with Gasteiger partial charge in [0.15, 0.2) is 10.7 Å². The predicted octanol–water partition coefficient (Wildman–Crippen LogP) is 3.99.